The van der Waals surface area contributed by atoms with Crippen LogP contribution < -0.4 is 0 Å². The van der Waals surface area contributed by atoms with Gasteiger partial charge in [-0.3, -0.25) is 4.99 Å². The lowest BCUT2D eigenvalue weighted by Gasteiger charge is -1.93. The van der Waals surface area contributed by atoms with Crippen molar-refractivity contribution in [1.82, 2.24) is 0 Å². The highest BCUT2D eigenvalue weighted by Crippen LogP contribution is 2.01. The summed E-state index contributed by atoms with van der Waals surface area (Å²) in [4.78, 5) is 3.42. The Bertz CT molecular complexity index is 266. The maximum absolute atomic E-state index is 8.39. The van der Waals surface area contributed by atoms with Gasteiger partial charge in [-0.05, 0) is 25.3 Å². The molecular formula is C8H9N3. The van der Waals surface area contributed by atoms with Crippen molar-refractivity contribution in [2.45, 2.75) is 6.92 Å². The van der Waals surface area contributed by atoms with E-state index in [1.54, 1.807) is 6.92 Å². The molecule has 11 heavy (non-hydrogen) atoms. The zero-order valence-electron chi connectivity index (χ0n) is 6.39. The molecule has 0 heterocycles. The standard InChI is InChI=1S/C8H9N3/c1-6(7(2)10)4-8(5-9)11-3/h4,10H,1,3H2,2H3/b8-4-,10-7?. The highest BCUT2D eigenvalue weighted by atomic mass is 14.7. The summed E-state index contributed by atoms with van der Waals surface area (Å²) in [5, 5.41) is 15.5. The summed E-state index contributed by atoms with van der Waals surface area (Å²) in [6.45, 7) is 8.34. The van der Waals surface area contributed by atoms with Crippen molar-refractivity contribution >= 4 is 12.4 Å². The molecule has 3 nitrogen and oxygen atoms in total. The second kappa shape index (κ2) is 4.18. The molecule has 0 spiro atoms. The predicted octanol–water partition coefficient (Wildman–Crippen LogP) is 1.69. The smallest absolute Gasteiger partial charge is 0.140 e. The molecule has 0 aromatic carbocycles. The van der Waals surface area contributed by atoms with Crippen LogP contribution in [0.5, 0.6) is 0 Å². The fourth-order valence-electron chi connectivity index (χ4n) is 0.387. The molecule has 0 aromatic heterocycles. The molecule has 3 heteroatoms. The largest absolute Gasteiger partial charge is 0.305 e. The number of rotatable bonds is 3. The highest BCUT2D eigenvalue weighted by molar-refractivity contribution is 5.97. The molecule has 0 radical (unpaired) electrons. The van der Waals surface area contributed by atoms with Gasteiger partial charge in [-0.25, -0.2) is 0 Å². The number of nitrogens with zero attached hydrogens (tertiary/aromatic N) is 2. The van der Waals surface area contributed by atoms with Gasteiger partial charge in [0.15, 0.2) is 0 Å². The van der Waals surface area contributed by atoms with E-state index in [-0.39, 0.29) is 5.70 Å². The predicted molar refractivity (Wildman–Crippen MR) is 45.8 cm³/mol. The summed E-state index contributed by atoms with van der Waals surface area (Å²) in [7, 11) is 0. The normalized spacial score (nSPS) is 10.0. The van der Waals surface area contributed by atoms with Crippen molar-refractivity contribution in [2.75, 3.05) is 0 Å². The topological polar surface area (TPSA) is 60.0 Å². The third-order valence-electron chi connectivity index (χ3n) is 1.08. The summed E-state index contributed by atoms with van der Waals surface area (Å²) < 4.78 is 0. The number of aliphatic imine (C=N–C) groups is 1. The Hall–Kier alpha value is -1.69. The maximum atomic E-state index is 8.39. The van der Waals surface area contributed by atoms with Crippen LogP contribution in [0, 0.1) is 16.7 Å². The van der Waals surface area contributed by atoms with Crippen molar-refractivity contribution in [3.8, 4) is 6.07 Å². The van der Waals surface area contributed by atoms with Gasteiger partial charge in [0.05, 0.1) is 0 Å². The zero-order chi connectivity index (χ0) is 8.85. The summed E-state index contributed by atoms with van der Waals surface area (Å²) >= 11 is 0. The molecule has 0 aliphatic heterocycles. The van der Waals surface area contributed by atoms with Gasteiger partial charge < -0.3 is 5.41 Å². The fraction of sp³-hybridized carbons (Fsp3) is 0.125. The molecule has 0 aromatic rings. The minimum Gasteiger partial charge on any atom is -0.305 e. The first-order valence-electron chi connectivity index (χ1n) is 2.94. The van der Waals surface area contributed by atoms with Crippen LogP contribution >= 0.6 is 0 Å². The van der Waals surface area contributed by atoms with E-state index in [4.69, 9.17) is 10.7 Å². The van der Waals surface area contributed by atoms with Crippen LogP contribution in [0.2, 0.25) is 0 Å². The number of nitrogens with one attached hydrogen (secondary N) is 1. The zero-order valence-corrected chi connectivity index (χ0v) is 6.39. The molecule has 0 unspecified atom stereocenters. The second-order valence-electron chi connectivity index (χ2n) is 1.95. The van der Waals surface area contributed by atoms with E-state index >= 15 is 0 Å². The number of allylic oxidation sites excluding steroid dienone is 3. The Morgan fingerprint density at radius 2 is 2.27 bits per heavy atom. The van der Waals surface area contributed by atoms with Crippen LogP contribution in [-0.2, 0) is 0 Å². The number of hydrogen-bond donors (Lipinski definition) is 1. The fourth-order valence-corrected chi connectivity index (χ4v) is 0.387. The average molecular weight is 147 g/mol. The Kier molecular flexibility index (Phi) is 3.54. The van der Waals surface area contributed by atoms with E-state index in [9.17, 15) is 0 Å². The molecule has 0 fully saturated rings. The highest BCUT2D eigenvalue weighted by Gasteiger charge is 1.94. The third kappa shape index (κ3) is 3.11. The summed E-state index contributed by atoms with van der Waals surface area (Å²) in [5.41, 5.74) is 0.983. The lowest BCUT2D eigenvalue weighted by Crippen LogP contribution is -1.90. The molecule has 1 N–H and O–H groups in total. The number of hydrogen-bond acceptors (Lipinski definition) is 3. The maximum Gasteiger partial charge on any atom is 0.140 e. The van der Waals surface area contributed by atoms with Crippen LogP contribution in [0.25, 0.3) is 0 Å². The van der Waals surface area contributed by atoms with E-state index in [0.717, 1.165) is 0 Å². The van der Waals surface area contributed by atoms with E-state index < -0.39 is 0 Å². The van der Waals surface area contributed by atoms with Crippen molar-refractivity contribution in [1.29, 1.82) is 10.7 Å². The SMILES string of the molecule is C=N/C(C#N)=C\C(=C)C(C)=N. The van der Waals surface area contributed by atoms with Crippen LogP contribution in [-0.4, -0.2) is 12.4 Å². The van der Waals surface area contributed by atoms with Crippen LogP contribution in [0.3, 0.4) is 0 Å². The van der Waals surface area contributed by atoms with Gasteiger partial charge in [-0.1, -0.05) is 6.58 Å². The second-order valence-corrected chi connectivity index (χ2v) is 1.95. The van der Waals surface area contributed by atoms with E-state index in [2.05, 4.69) is 18.3 Å². The lowest BCUT2D eigenvalue weighted by atomic mass is 10.2. The van der Waals surface area contributed by atoms with Crippen LogP contribution in [0.4, 0.5) is 0 Å². The van der Waals surface area contributed by atoms with Crippen molar-refractivity contribution in [2.24, 2.45) is 4.99 Å². The number of nitriles is 1. The van der Waals surface area contributed by atoms with Gasteiger partial charge in [-0.15, -0.1) is 0 Å². The Balaban J connectivity index is 4.56. The summed E-state index contributed by atoms with van der Waals surface area (Å²) in [6.07, 6.45) is 1.43. The first-order valence-corrected chi connectivity index (χ1v) is 2.94. The molecule has 0 atom stereocenters. The van der Waals surface area contributed by atoms with Crippen LogP contribution in [0.1, 0.15) is 6.92 Å². The summed E-state index contributed by atoms with van der Waals surface area (Å²) in [6, 6.07) is 1.81. The van der Waals surface area contributed by atoms with Crippen molar-refractivity contribution in [3.63, 3.8) is 0 Å². The van der Waals surface area contributed by atoms with Gasteiger partial charge >= 0.3 is 0 Å². The van der Waals surface area contributed by atoms with Gasteiger partial charge in [0.25, 0.3) is 0 Å². The summed E-state index contributed by atoms with van der Waals surface area (Å²) in [5.74, 6) is 0. The monoisotopic (exact) mass is 147 g/mol. The average Bonchev–Trinajstić information content (AvgIpc) is 1.99. The first-order chi connectivity index (χ1) is 5.11. The van der Waals surface area contributed by atoms with Crippen LogP contribution in [0.15, 0.2) is 28.9 Å². The molecule has 0 bridgehead atoms. The molecule has 0 aliphatic carbocycles. The molecule has 0 saturated carbocycles. The van der Waals surface area contributed by atoms with Gasteiger partial charge in [0, 0.05) is 5.71 Å². The third-order valence-corrected chi connectivity index (χ3v) is 1.08. The van der Waals surface area contributed by atoms with E-state index in [1.165, 1.54) is 6.08 Å². The molecule has 0 aliphatic rings. The van der Waals surface area contributed by atoms with E-state index in [1.807, 2.05) is 6.07 Å². The van der Waals surface area contributed by atoms with Gasteiger partial charge in [0.1, 0.15) is 11.8 Å². The van der Waals surface area contributed by atoms with Crippen molar-refractivity contribution < 1.29 is 0 Å². The molecule has 56 valence electrons. The van der Waals surface area contributed by atoms with Crippen molar-refractivity contribution in [3.05, 3.63) is 23.9 Å². The Morgan fingerprint density at radius 1 is 1.73 bits per heavy atom. The molecular weight excluding hydrogens is 138 g/mol. The minimum atomic E-state index is 0.182. The molecule has 0 saturated heterocycles. The van der Waals surface area contributed by atoms with Gasteiger partial charge in [-0.2, -0.15) is 5.26 Å². The Morgan fingerprint density at radius 3 is 2.55 bits per heavy atom. The van der Waals surface area contributed by atoms with E-state index in [0.29, 0.717) is 11.3 Å². The minimum absolute atomic E-state index is 0.182. The van der Waals surface area contributed by atoms with Gasteiger partial charge in [0.2, 0.25) is 0 Å². The first kappa shape index (κ1) is 9.31. The lowest BCUT2D eigenvalue weighted by molar-refractivity contribution is 1.38. The Labute approximate surface area is 65.9 Å². The molecule has 0 rings (SSSR count). The molecule has 0 amide bonds. The quantitative estimate of drug-likeness (QED) is 0.368.